The van der Waals surface area contributed by atoms with Crippen molar-refractivity contribution in [1.82, 2.24) is 4.90 Å². The van der Waals surface area contributed by atoms with Crippen molar-refractivity contribution in [2.45, 2.75) is 44.0 Å². The van der Waals surface area contributed by atoms with Crippen molar-refractivity contribution in [2.24, 2.45) is 0 Å². The molecule has 130 valence electrons. The van der Waals surface area contributed by atoms with E-state index in [-0.39, 0.29) is 5.97 Å². The van der Waals surface area contributed by atoms with Crippen LogP contribution in [0.2, 0.25) is 0 Å². The van der Waals surface area contributed by atoms with Crippen LogP contribution in [0.3, 0.4) is 0 Å². The first-order chi connectivity index (χ1) is 11.7. The lowest BCUT2D eigenvalue weighted by atomic mass is 10.1. The number of ether oxygens (including phenoxy) is 1. The molecule has 3 rings (SSSR count). The van der Waals surface area contributed by atoms with E-state index in [4.69, 9.17) is 9.15 Å². The van der Waals surface area contributed by atoms with Crippen molar-refractivity contribution >= 4 is 28.7 Å². The molecule has 0 bridgehead atoms. The SMILES string of the molecule is CCOC(=O)c1c(CN(C)[C@H]2CCC[C@H]2SC)oc2ccccc12. The van der Waals surface area contributed by atoms with Gasteiger partial charge >= 0.3 is 5.97 Å². The quantitative estimate of drug-likeness (QED) is 0.728. The summed E-state index contributed by atoms with van der Waals surface area (Å²) < 4.78 is 11.3. The average Bonchev–Trinajstić information content (AvgIpc) is 3.18. The van der Waals surface area contributed by atoms with Crippen LogP contribution < -0.4 is 0 Å². The largest absolute Gasteiger partial charge is 0.462 e. The van der Waals surface area contributed by atoms with Crippen molar-refractivity contribution in [3.8, 4) is 0 Å². The number of hydrogen-bond donors (Lipinski definition) is 0. The van der Waals surface area contributed by atoms with Crippen LogP contribution in [0.4, 0.5) is 0 Å². The van der Waals surface area contributed by atoms with Crippen molar-refractivity contribution in [1.29, 1.82) is 0 Å². The lowest BCUT2D eigenvalue weighted by Gasteiger charge is -2.28. The molecular formula is C19H25NO3S. The molecule has 5 heteroatoms. The van der Waals surface area contributed by atoms with Crippen LogP contribution in [0.5, 0.6) is 0 Å². The standard InChI is InChI=1S/C19H25NO3S/c1-4-22-19(21)18-13-8-5-6-10-15(13)23-16(18)12-20(2)14-9-7-11-17(14)24-3/h5-6,8,10,14,17H,4,7,9,11-12H2,1-3H3/t14-,17+/m0/s1. The number of para-hydroxylation sites is 1. The van der Waals surface area contributed by atoms with Gasteiger partial charge in [-0.05, 0) is 39.1 Å². The van der Waals surface area contributed by atoms with Gasteiger partial charge in [0.25, 0.3) is 0 Å². The summed E-state index contributed by atoms with van der Waals surface area (Å²) in [5.41, 5.74) is 1.33. The average molecular weight is 347 g/mol. The van der Waals surface area contributed by atoms with E-state index in [0.29, 0.717) is 35.8 Å². The van der Waals surface area contributed by atoms with E-state index in [0.717, 1.165) is 11.0 Å². The molecule has 1 fully saturated rings. The van der Waals surface area contributed by atoms with Crippen LogP contribution in [0, 0.1) is 0 Å². The molecule has 0 amide bonds. The predicted octanol–water partition coefficient (Wildman–Crippen LogP) is 4.33. The fourth-order valence-electron chi connectivity index (χ4n) is 3.66. The van der Waals surface area contributed by atoms with Crippen molar-refractivity contribution in [3.63, 3.8) is 0 Å². The Labute approximate surface area is 147 Å². The molecule has 1 saturated carbocycles. The first-order valence-electron chi connectivity index (χ1n) is 8.56. The fraction of sp³-hybridized carbons (Fsp3) is 0.526. The topological polar surface area (TPSA) is 42.7 Å². The van der Waals surface area contributed by atoms with Crippen LogP contribution in [0.25, 0.3) is 11.0 Å². The number of furan rings is 1. The van der Waals surface area contributed by atoms with Gasteiger partial charge in [-0.3, -0.25) is 4.90 Å². The van der Waals surface area contributed by atoms with Crippen LogP contribution in [-0.2, 0) is 11.3 Å². The second-order valence-corrected chi connectivity index (χ2v) is 7.38. The van der Waals surface area contributed by atoms with Crippen molar-refractivity contribution in [2.75, 3.05) is 19.9 Å². The smallest absolute Gasteiger partial charge is 0.342 e. The van der Waals surface area contributed by atoms with Crippen LogP contribution >= 0.6 is 11.8 Å². The van der Waals surface area contributed by atoms with Gasteiger partial charge in [0.05, 0.1) is 13.2 Å². The highest BCUT2D eigenvalue weighted by atomic mass is 32.2. The summed E-state index contributed by atoms with van der Waals surface area (Å²) in [6.07, 6.45) is 5.92. The third-order valence-corrected chi connectivity index (χ3v) is 5.98. The summed E-state index contributed by atoms with van der Waals surface area (Å²) in [6.45, 7) is 2.82. The maximum absolute atomic E-state index is 12.5. The lowest BCUT2D eigenvalue weighted by Crippen LogP contribution is -2.35. The first kappa shape index (κ1) is 17.4. The zero-order chi connectivity index (χ0) is 17.1. The molecule has 1 aromatic heterocycles. The first-order valence-corrected chi connectivity index (χ1v) is 9.85. The summed E-state index contributed by atoms with van der Waals surface area (Å²) in [4.78, 5) is 14.8. The fourth-order valence-corrected chi connectivity index (χ4v) is 4.72. The molecular weight excluding hydrogens is 322 g/mol. The zero-order valence-corrected chi connectivity index (χ0v) is 15.4. The summed E-state index contributed by atoms with van der Waals surface area (Å²) in [5, 5.41) is 1.50. The maximum Gasteiger partial charge on any atom is 0.342 e. The molecule has 24 heavy (non-hydrogen) atoms. The molecule has 1 heterocycles. The number of nitrogens with zero attached hydrogens (tertiary/aromatic N) is 1. The molecule has 1 aliphatic rings. The third-order valence-electron chi connectivity index (χ3n) is 4.83. The van der Waals surface area contributed by atoms with Crippen molar-refractivity contribution < 1.29 is 13.9 Å². The number of hydrogen-bond acceptors (Lipinski definition) is 5. The number of benzene rings is 1. The number of rotatable bonds is 6. The van der Waals surface area contributed by atoms with Gasteiger partial charge in [-0.1, -0.05) is 24.6 Å². The normalized spacial score (nSPS) is 20.8. The minimum Gasteiger partial charge on any atom is -0.462 e. The Morgan fingerprint density at radius 2 is 2.17 bits per heavy atom. The molecule has 0 unspecified atom stereocenters. The van der Waals surface area contributed by atoms with E-state index in [1.165, 1.54) is 19.3 Å². The minimum absolute atomic E-state index is 0.293. The minimum atomic E-state index is -0.293. The van der Waals surface area contributed by atoms with Crippen LogP contribution in [0.15, 0.2) is 28.7 Å². The van der Waals surface area contributed by atoms with Gasteiger partial charge < -0.3 is 9.15 Å². The Morgan fingerprint density at radius 3 is 2.92 bits per heavy atom. The Balaban J connectivity index is 1.90. The highest BCUT2D eigenvalue weighted by molar-refractivity contribution is 7.99. The molecule has 1 aliphatic carbocycles. The van der Waals surface area contributed by atoms with Crippen molar-refractivity contribution in [3.05, 3.63) is 35.6 Å². The van der Waals surface area contributed by atoms with E-state index in [9.17, 15) is 4.79 Å². The van der Waals surface area contributed by atoms with E-state index in [1.54, 1.807) is 0 Å². The molecule has 0 N–H and O–H groups in total. The summed E-state index contributed by atoms with van der Waals surface area (Å²) >= 11 is 1.94. The second-order valence-electron chi connectivity index (χ2n) is 6.30. The molecule has 0 saturated heterocycles. The van der Waals surface area contributed by atoms with E-state index < -0.39 is 0 Å². The van der Waals surface area contributed by atoms with Crippen LogP contribution in [0.1, 0.15) is 42.3 Å². The Hall–Kier alpha value is -1.46. The number of carbonyl (C=O) groups excluding carboxylic acids is 1. The van der Waals surface area contributed by atoms with Gasteiger partial charge in [0.1, 0.15) is 16.9 Å². The van der Waals surface area contributed by atoms with E-state index in [2.05, 4.69) is 18.2 Å². The molecule has 4 nitrogen and oxygen atoms in total. The molecule has 2 aromatic rings. The molecule has 0 radical (unpaired) electrons. The second kappa shape index (κ2) is 7.62. The molecule has 1 aromatic carbocycles. The Morgan fingerprint density at radius 1 is 1.38 bits per heavy atom. The summed E-state index contributed by atoms with van der Waals surface area (Å²) in [5.74, 6) is 0.419. The third kappa shape index (κ3) is 3.33. The van der Waals surface area contributed by atoms with E-state index in [1.807, 2.05) is 43.0 Å². The van der Waals surface area contributed by atoms with Gasteiger partial charge in [0, 0.05) is 16.7 Å². The van der Waals surface area contributed by atoms with Gasteiger partial charge in [0.15, 0.2) is 0 Å². The molecule has 0 spiro atoms. The van der Waals surface area contributed by atoms with E-state index >= 15 is 0 Å². The maximum atomic E-state index is 12.5. The highest BCUT2D eigenvalue weighted by Gasteiger charge is 2.31. The predicted molar refractivity (Wildman–Crippen MR) is 98.6 cm³/mol. The van der Waals surface area contributed by atoms with Gasteiger partial charge in [0.2, 0.25) is 0 Å². The summed E-state index contributed by atoms with van der Waals surface area (Å²) in [7, 11) is 2.13. The van der Waals surface area contributed by atoms with Gasteiger partial charge in [-0.2, -0.15) is 11.8 Å². The summed E-state index contributed by atoms with van der Waals surface area (Å²) in [6, 6.07) is 8.21. The molecule has 2 atom stereocenters. The Bertz CT molecular complexity index is 712. The van der Waals surface area contributed by atoms with Gasteiger partial charge in [-0.25, -0.2) is 4.79 Å². The Kier molecular flexibility index (Phi) is 5.51. The van der Waals surface area contributed by atoms with Crippen LogP contribution in [-0.4, -0.2) is 42.1 Å². The number of carbonyl (C=O) groups is 1. The zero-order valence-electron chi connectivity index (χ0n) is 14.6. The monoisotopic (exact) mass is 347 g/mol. The number of esters is 1. The molecule has 0 aliphatic heterocycles. The number of thioether (sulfide) groups is 1. The highest BCUT2D eigenvalue weighted by Crippen LogP contribution is 2.34. The van der Waals surface area contributed by atoms with Gasteiger partial charge in [-0.15, -0.1) is 0 Å². The number of fused-ring (bicyclic) bond motifs is 1. The lowest BCUT2D eigenvalue weighted by molar-refractivity contribution is 0.0523.